The van der Waals surface area contributed by atoms with E-state index in [0.29, 0.717) is 5.02 Å². The first kappa shape index (κ1) is 25.6. The van der Waals surface area contributed by atoms with Crippen molar-refractivity contribution in [1.82, 2.24) is 14.5 Å². The second kappa shape index (κ2) is 9.35. The second-order valence-electron chi connectivity index (χ2n) is 10.5. The van der Waals surface area contributed by atoms with Crippen molar-refractivity contribution >= 4 is 50.0 Å². The monoisotopic (exact) mass is 531 g/mol. The lowest BCUT2D eigenvalue weighted by atomic mass is 9.90. The van der Waals surface area contributed by atoms with E-state index in [1.165, 1.54) is 0 Å². The third kappa shape index (κ3) is 4.81. The highest BCUT2D eigenvalue weighted by Crippen LogP contribution is 2.44. The highest BCUT2D eigenvalue weighted by Gasteiger charge is 2.30. The van der Waals surface area contributed by atoms with Gasteiger partial charge in [0.2, 0.25) is 0 Å². The summed E-state index contributed by atoms with van der Waals surface area (Å²) in [4.78, 5) is 22.7. The highest BCUT2D eigenvalue weighted by molar-refractivity contribution is 7.22. The van der Waals surface area contributed by atoms with Crippen LogP contribution in [0.2, 0.25) is 5.02 Å². The smallest absolute Gasteiger partial charge is 0.163 e. The van der Waals surface area contributed by atoms with Gasteiger partial charge in [0.05, 0.1) is 26.9 Å². The molecular weight excluding hydrogens is 502 g/mol. The molecule has 5 rings (SSSR count). The van der Waals surface area contributed by atoms with Crippen LogP contribution in [-0.2, 0) is 16.6 Å². The van der Waals surface area contributed by atoms with Crippen molar-refractivity contribution in [2.24, 2.45) is 7.05 Å². The maximum absolute atomic E-state index is 13.0. The number of ether oxygens (including phenoxy) is 1. The van der Waals surface area contributed by atoms with Gasteiger partial charge in [0.25, 0.3) is 0 Å². The molecule has 190 valence electrons. The minimum Gasteiger partial charge on any atom is -0.360 e. The minimum absolute atomic E-state index is 0.0340. The number of thiazole rings is 1. The first-order valence-electron chi connectivity index (χ1n) is 12.2. The summed E-state index contributed by atoms with van der Waals surface area (Å²) in [6, 6.07) is 16.1. The molecule has 0 aliphatic heterocycles. The lowest BCUT2D eigenvalue weighted by molar-refractivity contribution is -0.138. The van der Waals surface area contributed by atoms with Gasteiger partial charge >= 0.3 is 0 Å². The van der Waals surface area contributed by atoms with Crippen molar-refractivity contribution in [3.63, 3.8) is 0 Å². The Labute approximate surface area is 226 Å². The molecule has 0 amide bonds. The van der Waals surface area contributed by atoms with Crippen LogP contribution in [0.3, 0.4) is 0 Å². The van der Waals surface area contributed by atoms with Crippen molar-refractivity contribution in [1.29, 1.82) is 0 Å². The molecule has 0 radical (unpaired) electrons. The van der Waals surface area contributed by atoms with E-state index in [-0.39, 0.29) is 5.78 Å². The molecule has 0 fully saturated rings. The summed E-state index contributed by atoms with van der Waals surface area (Å²) < 4.78 is 9.45. The van der Waals surface area contributed by atoms with Crippen LogP contribution in [0.1, 0.15) is 50.8 Å². The SMILES string of the molecule is CC(=O)[C@@H](OC(C)(C)C)c1c(C)cc2nc(-c3ccc4c(c3)nc(C)n4C)sc2c1-c1ccc(Cl)cc1. The van der Waals surface area contributed by atoms with Crippen LogP contribution in [0.4, 0.5) is 0 Å². The average molecular weight is 532 g/mol. The molecule has 3 aromatic carbocycles. The topological polar surface area (TPSA) is 57.0 Å². The van der Waals surface area contributed by atoms with Gasteiger partial charge < -0.3 is 9.30 Å². The zero-order chi connectivity index (χ0) is 26.6. The van der Waals surface area contributed by atoms with Gasteiger partial charge in [0.15, 0.2) is 5.78 Å². The van der Waals surface area contributed by atoms with Crippen LogP contribution < -0.4 is 0 Å². The number of hydrogen-bond donors (Lipinski definition) is 0. The van der Waals surface area contributed by atoms with Crippen LogP contribution in [0, 0.1) is 13.8 Å². The molecule has 37 heavy (non-hydrogen) atoms. The molecule has 5 aromatic rings. The summed E-state index contributed by atoms with van der Waals surface area (Å²) in [5.74, 6) is 0.934. The number of ketones is 1. The third-order valence-electron chi connectivity index (χ3n) is 6.51. The number of benzene rings is 3. The van der Waals surface area contributed by atoms with Crippen molar-refractivity contribution in [3.05, 3.63) is 70.5 Å². The zero-order valence-corrected chi connectivity index (χ0v) is 23.7. The molecule has 0 aliphatic carbocycles. The number of aromatic nitrogens is 3. The lowest BCUT2D eigenvalue weighted by Crippen LogP contribution is -2.27. The van der Waals surface area contributed by atoms with E-state index in [1.54, 1.807) is 18.3 Å². The Balaban J connectivity index is 1.78. The van der Waals surface area contributed by atoms with Gasteiger partial charge in [-0.1, -0.05) is 23.7 Å². The number of fused-ring (bicyclic) bond motifs is 2. The normalized spacial score (nSPS) is 13.0. The Kier molecular flexibility index (Phi) is 6.47. The second-order valence-corrected chi connectivity index (χ2v) is 11.9. The van der Waals surface area contributed by atoms with E-state index in [2.05, 4.69) is 28.8 Å². The fourth-order valence-electron chi connectivity index (χ4n) is 4.73. The van der Waals surface area contributed by atoms with Gasteiger partial charge in [0.1, 0.15) is 16.9 Å². The number of halogens is 1. The summed E-state index contributed by atoms with van der Waals surface area (Å²) in [5, 5.41) is 1.57. The molecule has 0 saturated carbocycles. The van der Waals surface area contributed by atoms with Gasteiger partial charge in [-0.15, -0.1) is 11.3 Å². The Morgan fingerprint density at radius 1 is 1.00 bits per heavy atom. The van der Waals surface area contributed by atoms with E-state index in [1.807, 2.05) is 65.9 Å². The largest absolute Gasteiger partial charge is 0.360 e. The Morgan fingerprint density at radius 2 is 1.68 bits per heavy atom. The van der Waals surface area contributed by atoms with E-state index >= 15 is 0 Å². The van der Waals surface area contributed by atoms with Crippen LogP contribution in [0.15, 0.2) is 48.5 Å². The van der Waals surface area contributed by atoms with Gasteiger partial charge in [-0.25, -0.2) is 9.97 Å². The van der Waals surface area contributed by atoms with Crippen LogP contribution in [-0.4, -0.2) is 25.9 Å². The summed E-state index contributed by atoms with van der Waals surface area (Å²) in [7, 11) is 2.02. The number of hydrogen-bond acceptors (Lipinski definition) is 5. The average Bonchev–Trinajstić information content (AvgIpc) is 3.36. The summed E-state index contributed by atoms with van der Waals surface area (Å²) in [6.45, 7) is 11.5. The van der Waals surface area contributed by atoms with E-state index in [4.69, 9.17) is 26.3 Å². The van der Waals surface area contributed by atoms with Gasteiger partial charge in [-0.2, -0.15) is 0 Å². The van der Waals surface area contributed by atoms with Crippen LogP contribution >= 0.6 is 22.9 Å². The molecule has 0 saturated heterocycles. The van der Waals surface area contributed by atoms with Gasteiger partial charge in [-0.05, 0) is 89.1 Å². The first-order chi connectivity index (χ1) is 17.4. The predicted octanol–water partition coefficient (Wildman–Crippen LogP) is 8.23. The number of carbonyl (C=O) groups is 1. The molecule has 0 spiro atoms. The molecule has 2 aromatic heterocycles. The number of carbonyl (C=O) groups excluding carboxylic acids is 1. The first-order valence-corrected chi connectivity index (χ1v) is 13.4. The maximum Gasteiger partial charge on any atom is 0.163 e. The van der Waals surface area contributed by atoms with E-state index in [0.717, 1.165) is 59.9 Å². The number of Topliss-reactive ketones (excluding diaryl/α,β-unsaturated/α-hetero) is 1. The van der Waals surface area contributed by atoms with Crippen molar-refractivity contribution in [2.45, 2.75) is 53.2 Å². The van der Waals surface area contributed by atoms with Crippen LogP contribution in [0.25, 0.3) is 42.9 Å². The fraction of sp³-hybridized carbons (Fsp3) is 0.300. The summed E-state index contributed by atoms with van der Waals surface area (Å²) in [6.07, 6.45) is -0.700. The van der Waals surface area contributed by atoms with Crippen molar-refractivity contribution in [2.75, 3.05) is 0 Å². The third-order valence-corrected chi connectivity index (χ3v) is 7.90. The molecular formula is C30H30ClN3O2S. The van der Waals surface area contributed by atoms with Crippen molar-refractivity contribution < 1.29 is 9.53 Å². The molecule has 2 heterocycles. The number of rotatable bonds is 5. The van der Waals surface area contributed by atoms with E-state index in [9.17, 15) is 4.79 Å². The molecule has 1 atom stereocenters. The predicted molar refractivity (Wildman–Crippen MR) is 154 cm³/mol. The number of aryl methyl sites for hydroxylation is 3. The number of nitrogens with zero attached hydrogens (tertiary/aromatic N) is 3. The summed E-state index contributed by atoms with van der Waals surface area (Å²) >= 11 is 7.86. The fourth-order valence-corrected chi connectivity index (χ4v) is 5.97. The Morgan fingerprint density at radius 3 is 2.32 bits per heavy atom. The minimum atomic E-state index is -0.700. The lowest BCUT2D eigenvalue weighted by Gasteiger charge is -2.29. The molecule has 0 bridgehead atoms. The van der Waals surface area contributed by atoms with Gasteiger partial charge in [-0.3, -0.25) is 4.79 Å². The molecule has 0 N–H and O–H groups in total. The highest BCUT2D eigenvalue weighted by atomic mass is 35.5. The quantitative estimate of drug-likeness (QED) is 0.229. The standard InChI is InChI=1S/C30H30ClN3O2S/c1-16-14-23-28(37-29(33-23)20-10-13-24-22(15-20)32-18(3)34(24)7)26(19-8-11-21(31)12-9-19)25(16)27(17(2)35)36-30(4,5)6/h8-15,27H,1-7H3/t27-/m1/s1. The Bertz CT molecular complexity index is 1660. The van der Waals surface area contributed by atoms with E-state index < -0.39 is 11.7 Å². The van der Waals surface area contributed by atoms with Crippen molar-refractivity contribution in [3.8, 4) is 21.7 Å². The molecule has 5 nitrogen and oxygen atoms in total. The zero-order valence-electron chi connectivity index (χ0n) is 22.1. The Hall–Kier alpha value is -3.06. The summed E-state index contributed by atoms with van der Waals surface area (Å²) in [5.41, 5.74) is 7.23. The molecule has 0 unspecified atom stereocenters. The number of imidazole rings is 1. The maximum atomic E-state index is 13.0. The molecule has 7 heteroatoms. The van der Waals surface area contributed by atoms with Gasteiger partial charge in [0, 0.05) is 28.8 Å². The van der Waals surface area contributed by atoms with Crippen LogP contribution in [0.5, 0.6) is 0 Å². The molecule has 0 aliphatic rings.